The monoisotopic (exact) mass is 211 g/mol. The normalized spacial score (nSPS) is 20.5. The van der Waals surface area contributed by atoms with Crippen LogP contribution in [0.4, 0.5) is 6.01 Å². The van der Waals surface area contributed by atoms with Crippen LogP contribution in [0.25, 0.3) is 0 Å². The van der Waals surface area contributed by atoms with Gasteiger partial charge in [-0.2, -0.15) is 0 Å². The smallest absolute Gasteiger partial charge is 0.322 e. The van der Waals surface area contributed by atoms with Gasteiger partial charge in [-0.15, -0.1) is 5.10 Å². The average Bonchev–Trinajstić information content (AvgIpc) is 2.85. The number of ether oxygens (including phenoxy) is 1. The number of hydrogen-bond donors (Lipinski definition) is 1. The number of carbonyl (C=O) groups is 1. The number of hydrogen-bond acceptors (Lipinski definition) is 5. The Kier molecular flexibility index (Phi) is 2.96. The molecule has 0 aliphatic carbocycles. The Hall–Kier alpha value is -1.43. The van der Waals surface area contributed by atoms with Crippen LogP contribution in [0.3, 0.4) is 0 Å². The summed E-state index contributed by atoms with van der Waals surface area (Å²) in [6, 6.07) is 0.146. The molecule has 1 saturated heterocycles. The standard InChI is InChI=1S/C9H13N3O3/c1-2-7(13)10-9-12-11-8(15-9)6-4-3-5-14-6/h6H,2-5H2,1H3,(H,10,12,13). The third kappa shape index (κ3) is 2.33. The number of nitrogens with zero attached hydrogens (tertiary/aromatic N) is 2. The number of rotatable bonds is 3. The molecule has 6 nitrogen and oxygen atoms in total. The number of nitrogens with one attached hydrogen (secondary N) is 1. The molecule has 2 heterocycles. The van der Waals surface area contributed by atoms with Gasteiger partial charge in [0.15, 0.2) is 0 Å². The Morgan fingerprint density at radius 3 is 3.13 bits per heavy atom. The van der Waals surface area contributed by atoms with Gasteiger partial charge in [-0.3, -0.25) is 10.1 Å². The molecule has 6 heteroatoms. The lowest BCUT2D eigenvalue weighted by Crippen LogP contribution is -2.09. The number of aromatic nitrogens is 2. The van der Waals surface area contributed by atoms with E-state index in [0.29, 0.717) is 12.3 Å². The van der Waals surface area contributed by atoms with Crippen LogP contribution in [0.2, 0.25) is 0 Å². The highest BCUT2D eigenvalue weighted by Crippen LogP contribution is 2.27. The summed E-state index contributed by atoms with van der Waals surface area (Å²) in [6.45, 7) is 2.48. The molecular formula is C9H13N3O3. The lowest BCUT2D eigenvalue weighted by atomic mass is 10.2. The molecule has 15 heavy (non-hydrogen) atoms. The van der Waals surface area contributed by atoms with E-state index in [0.717, 1.165) is 19.4 Å². The predicted molar refractivity (Wildman–Crippen MR) is 51.1 cm³/mol. The van der Waals surface area contributed by atoms with Crippen LogP contribution >= 0.6 is 0 Å². The van der Waals surface area contributed by atoms with Gasteiger partial charge in [0.25, 0.3) is 0 Å². The van der Waals surface area contributed by atoms with E-state index in [-0.39, 0.29) is 18.0 Å². The van der Waals surface area contributed by atoms with Crippen molar-refractivity contribution in [2.75, 3.05) is 11.9 Å². The third-order valence-corrected chi connectivity index (χ3v) is 2.21. The van der Waals surface area contributed by atoms with E-state index in [1.54, 1.807) is 6.92 Å². The van der Waals surface area contributed by atoms with E-state index >= 15 is 0 Å². The maximum atomic E-state index is 11.0. The van der Waals surface area contributed by atoms with Gasteiger partial charge in [-0.1, -0.05) is 12.0 Å². The first-order chi connectivity index (χ1) is 7.29. The van der Waals surface area contributed by atoms with Gasteiger partial charge >= 0.3 is 6.01 Å². The maximum absolute atomic E-state index is 11.0. The minimum absolute atomic E-state index is 0.107. The predicted octanol–water partition coefficient (Wildman–Crippen LogP) is 1.27. The molecule has 1 aromatic rings. The van der Waals surface area contributed by atoms with Crippen LogP contribution in [-0.2, 0) is 9.53 Å². The third-order valence-electron chi connectivity index (χ3n) is 2.21. The molecule has 1 amide bonds. The molecule has 82 valence electrons. The van der Waals surface area contributed by atoms with Gasteiger partial charge in [0, 0.05) is 13.0 Å². The summed E-state index contributed by atoms with van der Waals surface area (Å²) in [5, 5.41) is 10.0. The fraction of sp³-hybridized carbons (Fsp3) is 0.667. The summed E-state index contributed by atoms with van der Waals surface area (Å²) in [5.74, 6) is 0.302. The Labute approximate surface area is 87.0 Å². The first-order valence-corrected chi connectivity index (χ1v) is 5.04. The van der Waals surface area contributed by atoms with Gasteiger partial charge < -0.3 is 9.15 Å². The average molecular weight is 211 g/mol. The van der Waals surface area contributed by atoms with E-state index in [1.165, 1.54) is 0 Å². The van der Waals surface area contributed by atoms with Crippen LogP contribution in [0.15, 0.2) is 4.42 Å². The van der Waals surface area contributed by atoms with Gasteiger partial charge in [-0.05, 0) is 12.8 Å². The molecule has 1 unspecified atom stereocenters. The second-order valence-electron chi connectivity index (χ2n) is 3.35. The second kappa shape index (κ2) is 4.39. The van der Waals surface area contributed by atoms with Crippen molar-refractivity contribution in [2.24, 2.45) is 0 Å². The first-order valence-electron chi connectivity index (χ1n) is 5.04. The molecule has 1 aliphatic heterocycles. The lowest BCUT2D eigenvalue weighted by Gasteiger charge is -2.01. The van der Waals surface area contributed by atoms with Gasteiger partial charge in [0.2, 0.25) is 11.8 Å². The summed E-state index contributed by atoms with van der Waals surface area (Å²) in [7, 11) is 0. The number of amides is 1. The summed E-state index contributed by atoms with van der Waals surface area (Å²) < 4.78 is 10.6. The van der Waals surface area contributed by atoms with Crippen LogP contribution in [0, 0.1) is 0 Å². The molecule has 1 atom stereocenters. The molecule has 1 aromatic heterocycles. The SMILES string of the molecule is CCC(=O)Nc1nnc(C2CCCO2)o1. The number of carbonyl (C=O) groups excluding carboxylic acids is 1. The Morgan fingerprint density at radius 1 is 1.60 bits per heavy atom. The Morgan fingerprint density at radius 2 is 2.47 bits per heavy atom. The van der Waals surface area contributed by atoms with Crippen molar-refractivity contribution < 1.29 is 13.9 Å². The van der Waals surface area contributed by atoms with Crippen molar-refractivity contribution in [3.8, 4) is 0 Å². The maximum Gasteiger partial charge on any atom is 0.322 e. The summed E-state index contributed by atoms with van der Waals surface area (Å²) in [4.78, 5) is 11.0. The van der Waals surface area contributed by atoms with Crippen molar-refractivity contribution in [2.45, 2.75) is 32.3 Å². The Bertz CT molecular complexity index is 344. The van der Waals surface area contributed by atoms with Crippen LogP contribution in [-0.4, -0.2) is 22.7 Å². The largest absolute Gasteiger partial charge is 0.405 e. The van der Waals surface area contributed by atoms with Crippen LogP contribution < -0.4 is 5.32 Å². The molecular weight excluding hydrogens is 198 g/mol. The second-order valence-corrected chi connectivity index (χ2v) is 3.35. The lowest BCUT2D eigenvalue weighted by molar-refractivity contribution is -0.116. The highest BCUT2D eigenvalue weighted by atomic mass is 16.5. The molecule has 0 saturated carbocycles. The molecule has 0 spiro atoms. The Balaban J connectivity index is 2.00. The topological polar surface area (TPSA) is 77.2 Å². The summed E-state index contributed by atoms with van der Waals surface area (Å²) in [5.41, 5.74) is 0. The summed E-state index contributed by atoms with van der Waals surface area (Å²) >= 11 is 0. The van der Waals surface area contributed by atoms with Crippen molar-refractivity contribution in [1.82, 2.24) is 10.2 Å². The van der Waals surface area contributed by atoms with E-state index in [1.807, 2.05) is 0 Å². The minimum atomic E-state index is -0.141. The molecule has 1 aliphatic rings. The van der Waals surface area contributed by atoms with E-state index in [2.05, 4.69) is 15.5 Å². The van der Waals surface area contributed by atoms with Crippen molar-refractivity contribution in [3.05, 3.63) is 5.89 Å². The van der Waals surface area contributed by atoms with Crippen molar-refractivity contribution in [3.63, 3.8) is 0 Å². The van der Waals surface area contributed by atoms with Crippen molar-refractivity contribution in [1.29, 1.82) is 0 Å². The van der Waals surface area contributed by atoms with Crippen LogP contribution in [0.5, 0.6) is 0 Å². The fourth-order valence-corrected chi connectivity index (χ4v) is 1.40. The highest BCUT2D eigenvalue weighted by Gasteiger charge is 2.23. The number of anilines is 1. The molecule has 1 N–H and O–H groups in total. The molecule has 0 aromatic carbocycles. The van der Waals surface area contributed by atoms with E-state index in [4.69, 9.17) is 9.15 Å². The van der Waals surface area contributed by atoms with Gasteiger partial charge in [0.05, 0.1) is 0 Å². The van der Waals surface area contributed by atoms with E-state index in [9.17, 15) is 4.79 Å². The zero-order chi connectivity index (χ0) is 10.7. The molecule has 0 bridgehead atoms. The van der Waals surface area contributed by atoms with Crippen LogP contribution in [0.1, 0.15) is 38.2 Å². The van der Waals surface area contributed by atoms with E-state index < -0.39 is 0 Å². The summed E-state index contributed by atoms with van der Waals surface area (Å²) in [6.07, 6.45) is 2.18. The van der Waals surface area contributed by atoms with Crippen molar-refractivity contribution >= 4 is 11.9 Å². The quantitative estimate of drug-likeness (QED) is 0.814. The van der Waals surface area contributed by atoms with Gasteiger partial charge in [0.1, 0.15) is 6.10 Å². The molecule has 2 rings (SSSR count). The molecule has 0 radical (unpaired) electrons. The first kappa shape index (κ1) is 10.1. The fourth-order valence-electron chi connectivity index (χ4n) is 1.40. The van der Waals surface area contributed by atoms with Gasteiger partial charge in [-0.25, -0.2) is 0 Å². The highest BCUT2D eigenvalue weighted by molar-refractivity contribution is 5.88. The molecule has 1 fully saturated rings. The minimum Gasteiger partial charge on any atom is -0.405 e. The zero-order valence-electron chi connectivity index (χ0n) is 8.52. The zero-order valence-corrected chi connectivity index (χ0v) is 8.52.